The fraction of sp³-hybridized carbons (Fsp3) is 0.0870. The van der Waals surface area contributed by atoms with Crippen molar-refractivity contribution in [2.75, 3.05) is 5.32 Å². The molecule has 3 aromatic carbocycles. The first-order chi connectivity index (χ1) is 15.5. The van der Waals surface area contributed by atoms with Crippen LogP contribution in [0.5, 0.6) is 0 Å². The normalized spacial score (nSPS) is 11.6. The van der Waals surface area contributed by atoms with Gasteiger partial charge >= 0.3 is 5.97 Å². The summed E-state index contributed by atoms with van der Waals surface area (Å²) in [7, 11) is 0. The van der Waals surface area contributed by atoms with Crippen molar-refractivity contribution in [1.29, 1.82) is 0 Å². The van der Waals surface area contributed by atoms with Crippen molar-refractivity contribution < 1.29 is 14.3 Å². The van der Waals surface area contributed by atoms with Crippen molar-refractivity contribution in [3.8, 4) is 5.69 Å². The molecule has 0 spiro atoms. The van der Waals surface area contributed by atoms with E-state index in [9.17, 15) is 9.59 Å². The van der Waals surface area contributed by atoms with Crippen LogP contribution in [0.25, 0.3) is 5.69 Å². The van der Waals surface area contributed by atoms with E-state index in [0.717, 1.165) is 5.56 Å². The van der Waals surface area contributed by atoms with Gasteiger partial charge in [0.2, 0.25) is 6.10 Å². The van der Waals surface area contributed by atoms with Gasteiger partial charge in [0.25, 0.3) is 5.91 Å². The number of tetrazole rings is 1. The summed E-state index contributed by atoms with van der Waals surface area (Å²) in [4.78, 5) is 25.8. The van der Waals surface area contributed by atoms with Gasteiger partial charge < -0.3 is 10.1 Å². The Morgan fingerprint density at radius 1 is 1.03 bits per heavy atom. The van der Waals surface area contributed by atoms with Crippen LogP contribution in [0.2, 0.25) is 5.02 Å². The molecule has 1 amide bonds. The number of hydrogen-bond acceptors (Lipinski definition) is 6. The lowest BCUT2D eigenvalue weighted by molar-refractivity contribution is -0.125. The van der Waals surface area contributed by atoms with Gasteiger partial charge in [-0.05, 0) is 59.3 Å². The molecule has 1 unspecified atom stereocenters. The molecule has 1 N–H and O–H groups in total. The van der Waals surface area contributed by atoms with Gasteiger partial charge in [-0.2, -0.15) is 0 Å². The zero-order valence-electron chi connectivity index (χ0n) is 17.0. The van der Waals surface area contributed by atoms with E-state index >= 15 is 0 Å². The highest BCUT2D eigenvalue weighted by atomic mass is 35.5. The number of nitrogens with one attached hydrogen (secondary N) is 1. The molecule has 1 aromatic heterocycles. The second kappa shape index (κ2) is 9.40. The third-order valence-electron chi connectivity index (χ3n) is 4.72. The van der Waals surface area contributed by atoms with E-state index in [1.165, 1.54) is 11.0 Å². The number of amides is 1. The van der Waals surface area contributed by atoms with Crippen LogP contribution in [0, 0.1) is 6.92 Å². The third kappa shape index (κ3) is 4.81. The van der Waals surface area contributed by atoms with Crippen molar-refractivity contribution in [3.05, 3.63) is 101 Å². The second-order valence-electron chi connectivity index (χ2n) is 6.95. The summed E-state index contributed by atoms with van der Waals surface area (Å²) in [6.45, 7) is 1.87. The summed E-state index contributed by atoms with van der Waals surface area (Å²) < 4.78 is 7.07. The van der Waals surface area contributed by atoms with Gasteiger partial charge in [0.05, 0.1) is 11.3 Å². The minimum Gasteiger partial charge on any atom is -0.444 e. The topological polar surface area (TPSA) is 99.0 Å². The standard InChI is InChI=1S/C23H18ClN5O3/c1-15-7-10-18(13-20(15)24)26-22(30)21(16-5-3-2-4-6-16)32-23(31)17-8-11-19(12-9-17)29-14-25-27-28-29/h2-14,21H,1H3,(H,26,30). The molecule has 0 bridgehead atoms. The largest absolute Gasteiger partial charge is 0.444 e. The molecule has 9 heteroatoms. The fourth-order valence-electron chi connectivity index (χ4n) is 2.98. The molecule has 0 saturated heterocycles. The van der Waals surface area contributed by atoms with Crippen molar-refractivity contribution in [3.63, 3.8) is 0 Å². The Kier molecular flexibility index (Phi) is 6.23. The molecule has 4 rings (SSSR count). The average Bonchev–Trinajstić information content (AvgIpc) is 3.35. The number of rotatable bonds is 6. The molecule has 4 aromatic rings. The number of esters is 1. The Morgan fingerprint density at radius 3 is 2.44 bits per heavy atom. The predicted molar refractivity (Wildman–Crippen MR) is 119 cm³/mol. The summed E-state index contributed by atoms with van der Waals surface area (Å²) in [6, 6.07) is 20.5. The summed E-state index contributed by atoms with van der Waals surface area (Å²) in [5.41, 5.74) is 2.91. The first-order valence-corrected chi connectivity index (χ1v) is 10.1. The van der Waals surface area contributed by atoms with Crippen LogP contribution in [-0.4, -0.2) is 32.1 Å². The molecular formula is C23H18ClN5O3. The van der Waals surface area contributed by atoms with Crippen LogP contribution in [0.1, 0.15) is 27.6 Å². The highest BCUT2D eigenvalue weighted by Crippen LogP contribution is 2.24. The monoisotopic (exact) mass is 447 g/mol. The van der Waals surface area contributed by atoms with Gasteiger partial charge in [-0.3, -0.25) is 4.79 Å². The van der Waals surface area contributed by atoms with E-state index in [2.05, 4.69) is 20.8 Å². The SMILES string of the molecule is Cc1ccc(NC(=O)C(OC(=O)c2ccc(-n3cnnn3)cc2)c2ccccc2)cc1Cl. The van der Waals surface area contributed by atoms with E-state index < -0.39 is 18.0 Å². The quantitative estimate of drug-likeness (QED) is 0.445. The molecule has 0 aliphatic carbocycles. The van der Waals surface area contributed by atoms with Crippen molar-refractivity contribution in [1.82, 2.24) is 20.2 Å². The maximum Gasteiger partial charge on any atom is 0.339 e. The molecule has 8 nitrogen and oxygen atoms in total. The zero-order chi connectivity index (χ0) is 22.5. The Morgan fingerprint density at radius 2 is 1.78 bits per heavy atom. The molecular weight excluding hydrogens is 430 g/mol. The number of carbonyl (C=O) groups is 2. The van der Waals surface area contributed by atoms with Crippen LogP contribution in [0.4, 0.5) is 5.69 Å². The number of aryl methyl sites for hydroxylation is 1. The van der Waals surface area contributed by atoms with E-state index in [1.807, 2.05) is 13.0 Å². The van der Waals surface area contributed by atoms with Crippen LogP contribution in [0.15, 0.2) is 79.1 Å². The lowest BCUT2D eigenvalue weighted by atomic mass is 10.1. The Hall–Kier alpha value is -4.04. The average molecular weight is 448 g/mol. The number of anilines is 1. The minimum atomic E-state index is -1.15. The highest BCUT2D eigenvalue weighted by molar-refractivity contribution is 6.31. The van der Waals surface area contributed by atoms with Crippen LogP contribution in [0.3, 0.4) is 0 Å². The zero-order valence-corrected chi connectivity index (χ0v) is 17.7. The maximum atomic E-state index is 13.0. The Labute approximate surface area is 188 Å². The van der Waals surface area contributed by atoms with E-state index in [4.69, 9.17) is 16.3 Å². The van der Waals surface area contributed by atoms with Crippen LogP contribution in [-0.2, 0) is 9.53 Å². The molecule has 32 heavy (non-hydrogen) atoms. The number of aromatic nitrogens is 4. The van der Waals surface area contributed by atoms with Gasteiger partial charge in [0.15, 0.2) is 0 Å². The first-order valence-electron chi connectivity index (χ1n) is 9.67. The van der Waals surface area contributed by atoms with Gasteiger partial charge in [0, 0.05) is 16.3 Å². The van der Waals surface area contributed by atoms with Gasteiger partial charge in [-0.1, -0.05) is 48.0 Å². The van der Waals surface area contributed by atoms with Crippen molar-refractivity contribution in [2.24, 2.45) is 0 Å². The Bertz CT molecular complexity index is 1230. The fourth-order valence-corrected chi connectivity index (χ4v) is 3.16. The summed E-state index contributed by atoms with van der Waals surface area (Å²) in [5.74, 6) is -1.13. The number of benzene rings is 3. The molecule has 1 atom stereocenters. The number of carbonyl (C=O) groups excluding carboxylic acids is 2. The smallest absolute Gasteiger partial charge is 0.339 e. The third-order valence-corrected chi connectivity index (χ3v) is 5.13. The molecule has 160 valence electrons. The van der Waals surface area contributed by atoms with E-state index in [-0.39, 0.29) is 5.56 Å². The second-order valence-corrected chi connectivity index (χ2v) is 7.36. The van der Waals surface area contributed by atoms with Gasteiger partial charge in [0.1, 0.15) is 6.33 Å². The molecule has 0 radical (unpaired) electrons. The summed E-state index contributed by atoms with van der Waals surface area (Å²) in [6.07, 6.45) is 0.295. The summed E-state index contributed by atoms with van der Waals surface area (Å²) in [5, 5.41) is 14.3. The molecule has 0 saturated carbocycles. The minimum absolute atomic E-state index is 0.286. The van der Waals surface area contributed by atoms with E-state index in [0.29, 0.717) is 22.0 Å². The molecule has 0 aliphatic heterocycles. The lowest BCUT2D eigenvalue weighted by Crippen LogP contribution is -2.26. The number of halogens is 1. The highest BCUT2D eigenvalue weighted by Gasteiger charge is 2.26. The molecule has 1 heterocycles. The van der Waals surface area contributed by atoms with Gasteiger partial charge in [-0.15, -0.1) is 5.10 Å². The van der Waals surface area contributed by atoms with Crippen molar-refractivity contribution in [2.45, 2.75) is 13.0 Å². The van der Waals surface area contributed by atoms with Crippen LogP contribution < -0.4 is 5.32 Å². The number of ether oxygens (including phenoxy) is 1. The predicted octanol–water partition coefficient (Wildman–Crippen LogP) is 4.16. The molecule has 0 aliphatic rings. The van der Waals surface area contributed by atoms with Crippen molar-refractivity contribution >= 4 is 29.2 Å². The maximum absolute atomic E-state index is 13.0. The first kappa shape index (κ1) is 21.2. The van der Waals surface area contributed by atoms with E-state index in [1.54, 1.807) is 66.7 Å². The number of hydrogen-bond donors (Lipinski definition) is 1. The number of nitrogens with zero attached hydrogens (tertiary/aromatic N) is 4. The van der Waals surface area contributed by atoms with Crippen LogP contribution >= 0.6 is 11.6 Å². The Balaban J connectivity index is 1.54. The summed E-state index contributed by atoms with van der Waals surface area (Å²) >= 11 is 6.16. The van der Waals surface area contributed by atoms with Gasteiger partial charge in [-0.25, -0.2) is 9.48 Å². The lowest BCUT2D eigenvalue weighted by Gasteiger charge is -2.18. The molecule has 0 fully saturated rings.